The lowest BCUT2D eigenvalue weighted by atomic mass is 10.1. The highest BCUT2D eigenvalue weighted by molar-refractivity contribution is 7.16. The fourth-order valence-corrected chi connectivity index (χ4v) is 2.26. The Morgan fingerprint density at radius 1 is 1.59 bits per heavy atom. The average molecular weight is 249 g/mol. The molecular weight excluding hydrogens is 234 g/mol. The summed E-state index contributed by atoms with van der Waals surface area (Å²) in [4.78, 5) is 15.9. The lowest BCUT2D eigenvalue weighted by molar-refractivity contribution is -0.116. The van der Waals surface area contributed by atoms with Gasteiger partial charge in [-0.25, -0.2) is 4.98 Å². The Morgan fingerprint density at radius 3 is 3.18 bits per heavy atom. The summed E-state index contributed by atoms with van der Waals surface area (Å²) in [6.45, 7) is 2.49. The summed E-state index contributed by atoms with van der Waals surface area (Å²) in [6.07, 6.45) is 0.456. The van der Waals surface area contributed by atoms with Crippen LogP contribution in [0.15, 0.2) is 23.7 Å². The lowest BCUT2D eigenvalue weighted by Crippen LogP contribution is -2.19. The van der Waals surface area contributed by atoms with Crippen molar-refractivity contribution in [3.05, 3.63) is 23.7 Å². The Bertz CT molecular complexity index is 523. The van der Waals surface area contributed by atoms with E-state index in [1.54, 1.807) is 16.8 Å². The maximum absolute atomic E-state index is 11.7. The van der Waals surface area contributed by atoms with Gasteiger partial charge in [0.1, 0.15) is 0 Å². The summed E-state index contributed by atoms with van der Waals surface area (Å²) in [5.74, 6) is 0.217. The molecular formula is C12H15N3OS. The first-order valence-corrected chi connectivity index (χ1v) is 6.40. The van der Waals surface area contributed by atoms with Crippen LogP contribution in [-0.4, -0.2) is 17.4 Å². The Labute approximate surface area is 104 Å². The van der Waals surface area contributed by atoms with E-state index in [0.29, 0.717) is 13.0 Å². The third-order valence-electron chi connectivity index (χ3n) is 2.55. The quantitative estimate of drug-likeness (QED) is 0.873. The van der Waals surface area contributed by atoms with Gasteiger partial charge in [-0.15, -0.1) is 11.3 Å². The van der Waals surface area contributed by atoms with Crippen molar-refractivity contribution in [2.75, 3.05) is 11.9 Å². The molecule has 2 rings (SSSR count). The largest absolute Gasteiger partial charge is 0.330 e. The number of anilines is 1. The third kappa shape index (κ3) is 3.01. The minimum absolute atomic E-state index is 0.00631. The summed E-state index contributed by atoms with van der Waals surface area (Å²) in [5.41, 5.74) is 9.06. The number of aromatic nitrogens is 1. The molecule has 0 bridgehead atoms. The highest BCUT2D eigenvalue weighted by atomic mass is 32.1. The van der Waals surface area contributed by atoms with Gasteiger partial charge in [0.05, 0.1) is 15.7 Å². The van der Waals surface area contributed by atoms with Crippen molar-refractivity contribution in [3.8, 4) is 0 Å². The average Bonchev–Trinajstić information content (AvgIpc) is 2.75. The molecule has 0 spiro atoms. The first-order chi connectivity index (χ1) is 8.19. The Kier molecular flexibility index (Phi) is 3.71. The zero-order chi connectivity index (χ0) is 12.3. The van der Waals surface area contributed by atoms with Crippen LogP contribution < -0.4 is 11.1 Å². The molecule has 1 amide bonds. The molecule has 2 aromatic rings. The molecule has 0 saturated carbocycles. The van der Waals surface area contributed by atoms with Crippen LogP contribution in [0.3, 0.4) is 0 Å². The maximum Gasteiger partial charge on any atom is 0.224 e. The summed E-state index contributed by atoms with van der Waals surface area (Å²) in [7, 11) is 0. The molecule has 17 heavy (non-hydrogen) atoms. The molecule has 0 aliphatic rings. The molecule has 0 fully saturated rings. The van der Waals surface area contributed by atoms with E-state index in [1.807, 2.05) is 25.1 Å². The number of thiazole rings is 1. The van der Waals surface area contributed by atoms with Crippen LogP contribution in [0.1, 0.15) is 13.3 Å². The van der Waals surface area contributed by atoms with Gasteiger partial charge in [0, 0.05) is 12.1 Å². The number of nitrogens with zero attached hydrogens (tertiary/aromatic N) is 1. The van der Waals surface area contributed by atoms with Crippen LogP contribution in [0.4, 0.5) is 5.69 Å². The second kappa shape index (κ2) is 5.25. The van der Waals surface area contributed by atoms with Crippen LogP contribution >= 0.6 is 11.3 Å². The molecule has 1 aromatic carbocycles. The van der Waals surface area contributed by atoms with Crippen molar-refractivity contribution >= 4 is 33.1 Å². The van der Waals surface area contributed by atoms with Gasteiger partial charge in [-0.2, -0.15) is 0 Å². The van der Waals surface area contributed by atoms with Gasteiger partial charge < -0.3 is 11.1 Å². The van der Waals surface area contributed by atoms with E-state index in [4.69, 9.17) is 5.73 Å². The van der Waals surface area contributed by atoms with E-state index in [2.05, 4.69) is 10.3 Å². The minimum atomic E-state index is 0.00631. The SMILES string of the molecule is CC(CN)CC(=O)Nc1ccc2ncsc2c1. The summed E-state index contributed by atoms with van der Waals surface area (Å²) in [6, 6.07) is 5.72. The molecule has 0 radical (unpaired) electrons. The zero-order valence-electron chi connectivity index (χ0n) is 9.64. The van der Waals surface area contributed by atoms with Gasteiger partial charge in [0.2, 0.25) is 5.91 Å². The second-order valence-electron chi connectivity index (χ2n) is 4.13. The van der Waals surface area contributed by atoms with Gasteiger partial charge in [-0.3, -0.25) is 4.79 Å². The first-order valence-electron chi connectivity index (χ1n) is 5.52. The third-order valence-corrected chi connectivity index (χ3v) is 3.34. The van der Waals surface area contributed by atoms with Crippen LogP contribution in [0.5, 0.6) is 0 Å². The monoisotopic (exact) mass is 249 g/mol. The van der Waals surface area contributed by atoms with E-state index >= 15 is 0 Å². The molecule has 1 atom stereocenters. The fraction of sp³-hybridized carbons (Fsp3) is 0.333. The van der Waals surface area contributed by atoms with Gasteiger partial charge >= 0.3 is 0 Å². The highest BCUT2D eigenvalue weighted by Gasteiger charge is 2.08. The summed E-state index contributed by atoms with van der Waals surface area (Å²) in [5, 5.41) is 2.87. The number of carbonyl (C=O) groups excluding carboxylic acids is 1. The molecule has 0 aliphatic carbocycles. The normalized spacial score (nSPS) is 12.6. The Morgan fingerprint density at radius 2 is 2.41 bits per heavy atom. The zero-order valence-corrected chi connectivity index (χ0v) is 10.5. The summed E-state index contributed by atoms with van der Waals surface area (Å²) < 4.78 is 1.08. The second-order valence-corrected chi connectivity index (χ2v) is 5.01. The molecule has 3 N–H and O–H groups in total. The number of hydrogen-bond acceptors (Lipinski definition) is 4. The molecule has 1 unspecified atom stereocenters. The van der Waals surface area contributed by atoms with Gasteiger partial charge in [0.15, 0.2) is 0 Å². The fourth-order valence-electron chi connectivity index (χ4n) is 1.54. The minimum Gasteiger partial charge on any atom is -0.330 e. The van der Waals surface area contributed by atoms with Crippen molar-refractivity contribution in [2.24, 2.45) is 11.7 Å². The number of nitrogens with two attached hydrogens (primary N) is 1. The molecule has 5 heteroatoms. The predicted octanol–water partition coefficient (Wildman–Crippen LogP) is 2.22. The number of hydrogen-bond donors (Lipinski definition) is 2. The van der Waals surface area contributed by atoms with Crippen molar-refractivity contribution < 1.29 is 4.79 Å². The molecule has 90 valence electrons. The number of benzene rings is 1. The molecule has 0 saturated heterocycles. The number of nitrogens with one attached hydrogen (secondary N) is 1. The van der Waals surface area contributed by atoms with Crippen LogP contribution in [0.25, 0.3) is 10.2 Å². The molecule has 1 heterocycles. The smallest absolute Gasteiger partial charge is 0.224 e. The number of rotatable bonds is 4. The highest BCUT2D eigenvalue weighted by Crippen LogP contribution is 2.22. The Balaban J connectivity index is 2.05. The lowest BCUT2D eigenvalue weighted by Gasteiger charge is -2.09. The topological polar surface area (TPSA) is 68.0 Å². The number of fused-ring (bicyclic) bond motifs is 1. The number of amides is 1. The first kappa shape index (κ1) is 12.0. The van der Waals surface area contributed by atoms with Crippen LogP contribution in [-0.2, 0) is 4.79 Å². The maximum atomic E-state index is 11.7. The van der Waals surface area contributed by atoms with E-state index in [9.17, 15) is 4.79 Å². The van der Waals surface area contributed by atoms with Gasteiger partial charge in [-0.1, -0.05) is 6.92 Å². The van der Waals surface area contributed by atoms with Crippen molar-refractivity contribution in [1.82, 2.24) is 4.98 Å². The van der Waals surface area contributed by atoms with Crippen LogP contribution in [0.2, 0.25) is 0 Å². The van der Waals surface area contributed by atoms with E-state index in [-0.39, 0.29) is 11.8 Å². The predicted molar refractivity (Wildman–Crippen MR) is 71.1 cm³/mol. The van der Waals surface area contributed by atoms with Crippen molar-refractivity contribution in [3.63, 3.8) is 0 Å². The van der Waals surface area contributed by atoms with E-state index in [0.717, 1.165) is 15.9 Å². The van der Waals surface area contributed by atoms with Gasteiger partial charge in [-0.05, 0) is 30.7 Å². The van der Waals surface area contributed by atoms with E-state index in [1.165, 1.54) is 0 Å². The van der Waals surface area contributed by atoms with Crippen LogP contribution in [0, 0.1) is 5.92 Å². The van der Waals surface area contributed by atoms with Crippen molar-refractivity contribution in [1.29, 1.82) is 0 Å². The molecule has 1 aromatic heterocycles. The van der Waals surface area contributed by atoms with Crippen molar-refractivity contribution in [2.45, 2.75) is 13.3 Å². The Hall–Kier alpha value is -1.46. The summed E-state index contributed by atoms with van der Waals surface area (Å²) >= 11 is 1.56. The molecule has 4 nitrogen and oxygen atoms in total. The van der Waals surface area contributed by atoms with Gasteiger partial charge in [0.25, 0.3) is 0 Å². The standard InChI is InChI=1S/C12H15N3OS/c1-8(6-13)4-12(16)15-9-2-3-10-11(5-9)17-7-14-10/h2-3,5,7-8H,4,6,13H2,1H3,(H,15,16). The molecule has 0 aliphatic heterocycles. The van der Waals surface area contributed by atoms with E-state index < -0.39 is 0 Å². The number of carbonyl (C=O) groups is 1.